The van der Waals surface area contributed by atoms with Crippen molar-refractivity contribution in [3.63, 3.8) is 0 Å². The first-order chi connectivity index (χ1) is 9.90. The summed E-state index contributed by atoms with van der Waals surface area (Å²) < 4.78 is 30.6. The van der Waals surface area contributed by atoms with Crippen LogP contribution in [0.1, 0.15) is 36.5 Å². The van der Waals surface area contributed by atoms with Gasteiger partial charge in [-0.05, 0) is 31.9 Å². The number of ketones is 1. The highest BCUT2D eigenvalue weighted by Gasteiger charge is 2.35. The number of ether oxygens (including phenoxy) is 1. The van der Waals surface area contributed by atoms with Crippen LogP contribution in [-0.4, -0.2) is 37.9 Å². The summed E-state index contributed by atoms with van der Waals surface area (Å²) in [7, 11) is -3.18. The molecule has 0 radical (unpaired) electrons. The first kappa shape index (κ1) is 16.6. The fraction of sp³-hybridized carbons (Fsp3) is 0.533. The van der Waals surface area contributed by atoms with Crippen LogP contribution in [-0.2, 0) is 14.6 Å². The first-order valence-electron chi connectivity index (χ1n) is 7.02. The zero-order chi connectivity index (χ0) is 15.5. The molecule has 1 aliphatic heterocycles. The third-order valence-corrected chi connectivity index (χ3v) is 6.69. The Morgan fingerprint density at radius 2 is 2.00 bits per heavy atom. The molecule has 0 saturated carbocycles. The molecule has 4 nitrogen and oxygen atoms in total. The molecule has 1 aromatic rings. The fourth-order valence-corrected chi connectivity index (χ4v) is 4.78. The van der Waals surface area contributed by atoms with Gasteiger partial charge in [-0.25, -0.2) is 8.42 Å². The van der Waals surface area contributed by atoms with E-state index in [0.717, 1.165) is 4.47 Å². The molecule has 116 valence electrons. The van der Waals surface area contributed by atoms with E-state index in [4.69, 9.17) is 4.74 Å². The molecule has 1 fully saturated rings. The van der Waals surface area contributed by atoms with Crippen LogP contribution in [0.4, 0.5) is 0 Å². The zero-order valence-corrected chi connectivity index (χ0v) is 14.3. The quantitative estimate of drug-likeness (QED) is 0.718. The van der Waals surface area contributed by atoms with E-state index in [1.54, 1.807) is 19.1 Å². The van der Waals surface area contributed by atoms with E-state index < -0.39 is 15.1 Å². The van der Waals surface area contributed by atoms with Gasteiger partial charge in [-0.3, -0.25) is 4.79 Å². The normalized spacial score (nSPS) is 22.4. The Labute approximate surface area is 133 Å². The molecular weight excluding hydrogens is 356 g/mol. The molecule has 0 N–H and O–H groups in total. The lowest BCUT2D eigenvalue weighted by Gasteiger charge is -2.14. The van der Waals surface area contributed by atoms with Gasteiger partial charge in [0.15, 0.2) is 15.6 Å². The standard InChI is InChI=1S/C15H19BrO4S/c1-11-15(8-9-20-11)21(18,19)10-2-3-14(17)12-4-6-13(16)7-5-12/h4-7,11,15H,2-3,8-10H2,1H3. The summed E-state index contributed by atoms with van der Waals surface area (Å²) in [5, 5.41) is -0.416. The van der Waals surface area contributed by atoms with Gasteiger partial charge in [0.25, 0.3) is 0 Å². The number of hydrogen-bond donors (Lipinski definition) is 0. The lowest BCUT2D eigenvalue weighted by molar-refractivity contribution is 0.0982. The average Bonchev–Trinajstić information content (AvgIpc) is 2.86. The molecule has 1 aliphatic rings. The number of carbonyl (C=O) groups is 1. The molecule has 2 rings (SSSR count). The largest absolute Gasteiger partial charge is 0.377 e. The number of benzene rings is 1. The molecule has 1 aromatic carbocycles. The lowest BCUT2D eigenvalue weighted by Crippen LogP contribution is -2.30. The van der Waals surface area contributed by atoms with Crippen LogP contribution in [0.3, 0.4) is 0 Å². The fourth-order valence-electron chi connectivity index (χ4n) is 2.55. The van der Waals surface area contributed by atoms with Crippen LogP contribution in [0.2, 0.25) is 0 Å². The summed E-state index contributed by atoms with van der Waals surface area (Å²) in [6.45, 7) is 2.30. The lowest BCUT2D eigenvalue weighted by atomic mass is 10.1. The molecule has 0 amide bonds. The van der Waals surface area contributed by atoms with Crippen molar-refractivity contribution in [3.05, 3.63) is 34.3 Å². The van der Waals surface area contributed by atoms with Crippen LogP contribution in [0.5, 0.6) is 0 Å². The van der Waals surface area contributed by atoms with Crippen molar-refractivity contribution in [2.24, 2.45) is 0 Å². The molecule has 1 heterocycles. The van der Waals surface area contributed by atoms with Crippen molar-refractivity contribution in [3.8, 4) is 0 Å². The van der Waals surface area contributed by atoms with Gasteiger partial charge in [-0.2, -0.15) is 0 Å². The van der Waals surface area contributed by atoms with Gasteiger partial charge >= 0.3 is 0 Å². The van der Waals surface area contributed by atoms with Crippen molar-refractivity contribution in [1.29, 1.82) is 0 Å². The minimum absolute atomic E-state index is 0.0200. The predicted octanol–water partition coefficient (Wildman–Crippen LogP) is 3.00. The monoisotopic (exact) mass is 374 g/mol. The summed E-state index contributed by atoms with van der Waals surface area (Å²) >= 11 is 3.31. The summed E-state index contributed by atoms with van der Waals surface area (Å²) in [4.78, 5) is 12.0. The summed E-state index contributed by atoms with van der Waals surface area (Å²) in [5.41, 5.74) is 0.619. The van der Waals surface area contributed by atoms with Crippen molar-refractivity contribution >= 4 is 31.6 Å². The Hall–Kier alpha value is -0.720. The molecule has 2 atom stereocenters. The maximum atomic E-state index is 12.2. The van der Waals surface area contributed by atoms with E-state index >= 15 is 0 Å². The van der Waals surface area contributed by atoms with E-state index in [9.17, 15) is 13.2 Å². The highest BCUT2D eigenvalue weighted by molar-refractivity contribution is 9.10. The number of rotatable bonds is 6. The summed E-state index contributed by atoms with van der Waals surface area (Å²) in [6, 6.07) is 7.10. The van der Waals surface area contributed by atoms with Gasteiger partial charge in [0.1, 0.15) is 0 Å². The van der Waals surface area contributed by atoms with Crippen molar-refractivity contribution in [2.75, 3.05) is 12.4 Å². The van der Waals surface area contributed by atoms with Gasteiger partial charge in [-0.15, -0.1) is 0 Å². The Kier molecular flexibility index (Phi) is 5.57. The topological polar surface area (TPSA) is 60.4 Å². The maximum absolute atomic E-state index is 12.2. The third-order valence-electron chi connectivity index (χ3n) is 3.77. The number of halogens is 1. The second-order valence-corrected chi connectivity index (χ2v) is 8.56. The van der Waals surface area contributed by atoms with E-state index in [-0.39, 0.29) is 24.1 Å². The third kappa shape index (κ3) is 4.37. The number of Topliss-reactive ketones (excluding diaryl/α,β-unsaturated/α-hetero) is 1. The van der Waals surface area contributed by atoms with Crippen LogP contribution in [0.25, 0.3) is 0 Å². The van der Waals surface area contributed by atoms with Gasteiger partial charge in [-0.1, -0.05) is 28.1 Å². The molecule has 21 heavy (non-hydrogen) atoms. The number of hydrogen-bond acceptors (Lipinski definition) is 4. The van der Waals surface area contributed by atoms with Gasteiger partial charge < -0.3 is 4.74 Å². The van der Waals surface area contributed by atoms with Crippen LogP contribution >= 0.6 is 15.9 Å². The first-order valence-corrected chi connectivity index (χ1v) is 9.53. The molecule has 1 saturated heterocycles. The minimum atomic E-state index is -3.18. The Morgan fingerprint density at radius 3 is 2.57 bits per heavy atom. The maximum Gasteiger partial charge on any atom is 0.162 e. The molecular formula is C15H19BrO4S. The van der Waals surface area contributed by atoms with E-state index in [2.05, 4.69) is 15.9 Å². The van der Waals surface area contributed by atoms with Crippen molar-refractivity contribution in [2.45, 2.75) is 37.5 Å². The SMILES string of the molecule is CC1OCCC1S(=O)(=O)CCCC(=O)c1ccc(Br)cc1. The molecule has 0 aromatic heterocycles. The Balaban J connectivity index is 1.86. The Bertz CT molecular complexity index is 595. The van der Waals surface area contributed by atoms with Crippen molar-refractivity contribution in [1.82, 2.24) is 0 Å². The van der Waals surface area contributed by atoms with E-state index in [1.807, 2.05) is 12.1 Å². The van der Waals surface area contributed by atoms with Gasteiger partial charge in [0, 0.05) is 23.1 Å². The smallest absolute Gasteiger partial charge is 0.162 e. The summed E-state index contributed by atoms with van der Waals surface area (Å²) in [6.07, 6.45) is 0.935. The van der Waals surface area contributed by atoms with Crippen LogP contribution in [0, 0.1) is 0 Å². The Morgan fingerprint density at radius 1 is 1.33 bits per heavy atom. The predicted molar refractivity (Wildman–Crippen MR) is 85.3 cm³/mol. The molecule has 0 aliphatic carbocycles. The van der Waals surface area contributed by atoms with E-state index in [0.29, 0.717) is 25.0 Å². The summed E-state index contributed by atoms with van der Waals surface area (Å²) in [5.74, 6) is 0.0293. The van der Waals surface area contributed by atoms with Gasteiger partial charge in [0.05, 0.1) is 17.1 Å². The van der Waals surface area contributed by atoms with E-state index in [1.165, 1.54) is 0 Å². The second kappa shape index (κ2) is 7.03. The average molecular weight is 375 g/mol. The molecule has 2 unspecified atom stereocenters. The minimum Gasteiger partial charge on any atom is -0.377 e. The molecule has 0 spiro atoms. The van der Waals surface area contributed by atoms with Gasteiger partial charge in [0.2, 0.25) is 0 Å². The molecule has 6 heteroatoms. The zero-order valence-electron chi connectivity index (χ0n) is 11.9. The van der Waals surface area contributed by atoms with Crippen LogP contribution < -0.4 is 0 Å². The second-order valence-electron chi connectivity index (χ2n) is 5.30. The number of carbonyl (C=O) groups excluding carboxylic acids is 1. The van der Waals surface area contributed by atoms with Crippen molar-refractivity contribution < 1.29 is 17.9 Å². The highest BCUT2D eigenvalue weighted by Crippen LogP contribution is 2.22. The highest BCUT2D eigenvalue weighted by atomic mass is 79.9. The van der Waals surface area contributed by atoms with Crippen LogP contribution in [0.15, 0.2) is 28.7 Å². The molecule has 0 bridgehead atoms. The number of sulfone groups is 1.